The topological polar surface area (TPSA) is 28.6 Å². The molecule has 28 heavy (non-hydrogen) atoms. The average molecular weight is 374 g/mol. The van der Waals surface area contributed by atoms with E-state index in [-0.39, 0.29) is 6.10 Å². The van der Waals surface area contributed by atoms with Gasteiger partial charge in [-0.1, -0.05) is 48.5 Å². The van der Waals surface area contributed by atoms with Crippen LogP contribution in [0.4, 0.5) is 11.5 Å². The van der Waals surface area contributed by atoms with E-state index >= 15 is 0 Å². The second kappa shape index (κ2) is 8.55. The monoisotopic (exact) mass is 373 g/mol. The number of nitrogens with zero attached hydrogens (tertiary/aromatic N) is 3. The van der Waals surface area contributed by atoms with E-state index in [1.165, 1.54) is 11.1 Å². The van der Waals surface area contributed by atoms with Gasteiger partial charge in [-0.05, 0) is 42.3 Å². The molecule has 2 atom stereocenters. The highest BCUT2D eigenvalue weighted by atomic mass is 16.5. The van der Waals surface area contributed by atoms with Gasteiger partial charge in [-0.2, -0.15) is 0 Å². The predicted octanol–water partition coefficient (Wildman–Crippen LogP) is 4.98. The van der Waals surface area contributed by atoms with E-state index < -0.39 is 0 Å². The molecule has 4 rings (SSSR count). The number of aromatic nitrogens is 1. The summed E-state index contributed by atoms with van der Waals surface area (Å²) >= 11 is 0. The predicted molar refractivity (Wildman–Crippen MR) is 114 cm³/mol. The summed E-state index contributed by atoms with van der Waals surface area (Å²) in [6.45, 7) is 4.92. The summed E-state index contributed by atoms with van der Waals surface area (Å²) in [5, 5.41) is 0. The van der Waals surface area contributed by atoms with Crippen molar-refractivity contribution in [1.82, 2.24) is 9.88 Å². The van der Waals surface area contributed by atoms with Crippen LogP contribution in [0.25, 0.3) is 0 Å². The third-order valence-electron chi connectivity index (χ3n) is 5.57. The molecule has 4 heteroatoms. The average Bonchev–Trinajstić information content (AvgIpc) is 2.79. The molecule has 0 bridgehead atoms. The molecule has 1 aromatic heterocycles. The third-order valence-corrected chi connectivity index (χ3v) is 5.57. The lowest BCUT2D eigenvalue weighted by Gasteiger charge is -2.37. The number of rotatable bonds is 5. The fraction of sp³-hybridized carbons (Fsp3) is 0.292. The highest BCUT2D eigenvalue weighted by Gasteiger charge is 2.26. The molecule has 0 saturated carbocycles. The van der Waals surface area contributed by atoms with Gasteiger partial charge in [0.05, 0.1) is 12.7 Å². The molecule has 1 aliphatic rings. The van der Waals surface area contributed by atoms with Crippen molar-refractivity contribution in [2.75, 3.05) is 31.6 Å². The van der Waals surface area contributed by atoms with Crippen LogP contribution in [0.1, 0.15) is 30.2 Å². The molecule has 1 fully saturated rings. The maximum Gasteiger partial charge on any atom is 0.132 e. The molecule has 2 heterocycles. The number of ether oxygens (including phenoxy) is 1. The molecule has 1 aliphatic heterocycles. The number of hydrogen-bond acceptors (Lipinski definition) is 4. The Balaban J connectivity index is 1.45. The molecule has 0 aliphatic carbocycles. The normalized spacial score (nSPS) is 18.6. The van der Waals surface area contributed by atoms with Crippen molar-refractivity contribution in [2.45, 2.75) is 19.1 Å². The molecule has 1 saturated heterocycles. The minimum Gasteiger partial charge on any atom is -0.371 e. The van der Waals surface area contributed by atoms with Gasteiger partial charge in [-0.3, -0.25) is 4.90 Å². The maximum absolute atomic E-state index is 6.10. The van der Waals surface area contributed by atoms with Crippen LogP contribution in [0, 0.1) is 0 Å². The Morgan fingerprint density at radius 1 is 1.00 bits per heavy atom. The summed E-state index contributed by atoms with van der Waals surface area (Å²) in [4.78, 5) is 9.02. The number of hydrogen-bond donors (Lipinski definition) is 0. The van der Waals surface area contributed by atoms with Crippen molar-refractivity contribution in [3.05, 3.63) is 90.1 Å². The minimum absolute atomic E-state index is 0.106. The SMILES string of the molecule is C[C@H](c1ccccc1)N1CCO[C@@H](c2ccc(N(C)c3ccccn3)cc2)C1. The quantitative estimate of drug-likeness (QED) is 0.630. The van der Waals surface area contributed by atoms with Crippen LogP contribution in [0.3, 0.4) is 0 Å². The van der Waals surface area contributed by atoms with Crippen LogP contribution in [-0.4, -0.2) is 36.6 Å². The highest BCUT2D eigenvalue weighted by Crippen LogP contribution is 2.30. The number of pyridine rings is 1. The molecule has 2 aromatic carbocycles. The molecule has 0 unspecified atom stereocenters. The van der Waals surface area contributed by atoms with E-state index in [4.69, 9.17) is 4.74 Å². The van der Waals surface area contributed by atoms with Crippen LogP contribution in [0.5, 0.6) is 0 Å². The van der Waals surface area contributed by atoms with Gasteiger partial charge in [0.1, 0.15) is 5.82 Å². The summed E-state index contributed by atoms with van der Waals surface area (Å²) in [6, 6.07) is 25.7. The molecule has 3 aromatic rings. The lowest BCUT2D eigenvalue weighted by molar-refractivity contribution is -0.0431. The largest absolute Gasteiger partial charge is 0.371 e. The summed E-state index contributed by atoms with van der Waals surface area (Å²) in [6.07, 6.45) is 1.92. The Morgan fingerprint density at radius 3 is 2.46 bits per heavy atom. The van der Waals surface area contributed by atoms with Gasteiger partial charge in [0.25, 0.3) is 0 Å². The smallest absolute Gasteiger partial charge is 0.132 e. The van der Waals surface area contributed by atoms with Crippen LogP contribution < -0.4 is 4.90 Å². The van der Waals surface area contributed by atoms with E-state index in [0.717, 1.165) is 31.2 Å². The summed E-state index contributed by atoms with van der Waals surface area (Å²) in [7, 11) is 2.04. The first kappa shape index (κ1) is 18.7. The number of morpholine rings is 1. The van der Waals surface area contributed by atoms with E-state index in [0.29, 0.717) is 6.04 Å². The van der Waals surface area contributed by atoms with E-state index in [1.807, 2.05) is 31.4 Å². The molecule has 0 radical (unpaired) electrons. The first-order valence-corrected chi connectivity index (χ1v) is 9.87. The lowest BCUT2D eigenvalue weighted by atomic mass is 10.0. The van der Waals surface area contributed by atoms with E-state index in [9.17, 15) is 0 Å². The van der Waals surface area contributed by atoms with Crippen molar-refractivity contribution >= 4 is 11.5 Å². The van der Waals surface area contributed by atoms with Gasteiger partial charge in [0.2, 0.25) is 0 Å². The highest BCUT2D eigenvalue weighted by molar-refractivity contribution is 5.59. The van der Waals surface area contributed by atoms with E-state index in [1.54, 1.807) is 0 Å². The lowest BCUT2D eigenvalue weighted by Crippen LogP contribution is -2.39. The summed E-state index contributed by atoms with van der Waals surface area (Å²) in [5.74, 6) is 0.937. The summed E-state index contributed by atoms with van der Waals surface area (Å²) < 4.78 is 6.10. The van der Waals surface area contributed by atoms with Gasteiger partial charge >= 0.3 is 0 Å². The molecule has 4 nitrogen and oxygen atoms in total. The second-order valence-corrected chi connectivity index (χ2v) is 7.28. The first-order chi connectivity index (χ1) is 13.7. The minimum atomic E-state index is 0.106. The molecule has 144 valence electrons. The zero-order valence-corrected chi connectivity index (χ0v) is 16.5. The van der Waals surface area contributed by atoms with E-state index in [2.05, 4.69) is 76.3 Å². The van der Waals surface area contributed by atoms with Gasteiger partial charge in [-0.25, -0.2) is 4.98 Å². The van der Waals surface area contributed by atoms with Crippen molar-refractivity contribution in [2.24, 2.45) is 0 Å². The third kappa shape index (κ3) is 4.08. The molecule has 0 amide bonds. The van der Waals surface area contributed by atoms with Crippen molar-refractivity contribution < 1.29 is 4.74 Å². The molecule has 0 N–H and O–H groups in total. The van der Waals surface area contributed by atoms with Gasteiger partial charge in [-0.15, -0.1) is 0 Å². The Morgan fingerprint density at radius 2 is 1.75 bits per heavy atom. The van der Waals surface area contributed by atoms with Crippen molar-refractivity contribution in [3.8, 4) is 0 Å². The Kier molecular flexibility index (Phi) is 5.70. The second-order valence-electron chi connectivity index (χ2n) is 7.28. The zero-order chi connectivity index (χ0) is 19.3. The van der Waals surface area contributed by atoms with Crippen molar-refractivity contribution in [3.63, 3.8) is 0 Å². The fourth-order valence-corrected chi connectivity index (χ4v) is 3.76. The van der Waals surface area contributed by atoms with Gasteiger partial charge in [0, 0.05) is 38.1 Å². The molecular weight excluding hydrogens is 346 g/mol. The molecule has 0 spiro atoms. The number of benzene rings is 2. The number of anilines is 2. The Hall–Kier alpha value is -2.69. The van der Waals surface area contributed by atoms with Crippen LogP contribution in [0.2, 0.25) is 0 Å². The zero-order valence-electron chi connectivity index (χ0n) is 16.5. The standard InChI is InChI=1S/C24H27N3O/c1-19(20-8-4-3-5-9-20)27-16-17-28-23(18-27)21-11-13-22(14-12-21)26(2)24-10-6-7-15-25-24/h3-15,19,23H,16-18H2,1-2H3/t19-,23-/m1/s1. The fourth-order valence-electron chi connectivity index (χ4n) is 3.76. The van der Waals surface area contributed by atoms with Crippen LogP contribution in [0.15, 0.2) is 79.0 Å². The van der Waals surface area contributed by atoms with Crippen molar-refractivity contribution in [1.29, 1.82) is 0 Å². The first-order valence-electron chi connectivity index (χ1n) is 9.87. The Bertz CT molecular complexity index is 867. The van der Waals surface area contributed by atoms with Crippen LogP contribution in [-0.2, 0) is 4.74 Å². The Labute approximate surface area is 167 Å². The summed E-state index contributed by atoms with van der Waals surface area (Å²) in [5.41, 5.74) is 3.70. The maximum atomic E-state index is 6.10. The molecular formula is C24H27N3O. The van der Waals surface area contributed by atoms with Crippen LogP contribution >= 0.6 is 0 Å². The van der Waals surface area contributed by atoms with Gasteiger partial charge < -0.3 is 9.64 Å². The van der Waals surface area contributed by atoms with Gasteiger partial charge in [0.15, 0.2) is 0 Å².